The fourth-order valence-electron chi connectivity index (χ4n) is 2.49. The van der Waals surface area contributed by atoms with Crippen molar-refractivity contribution in [3.05, 3.63) is 59.7 Å². The summed E-state index contributed by atoms with van der Waals surface area (Å²) in [6.07, 6.45) is 1.02. The zero-order chi connectivity index (χ0) is 18.2. The van der Waals surface area contributed by atoms with Crippen molar-refractivity contribution in [2.24, 2.45) is 0 Å². The second-order valence-electron chi connectivity index (χ2n) is 5.74. The number of ketones is 1. The Morgan fingerprint density at radius 2 is 1.64 bits per heavy atom. The van der Waals surface area contributed by atoms with Crippen LogP contribution in [0.2, 0.25) is 0 Å². The first-order chi connectivity index (χ1) is 12.0. The lowest BCUT2D eigenvalue weighted by molar-refractivity contribution is -0.116. The minimum atomic E-state index is -0.223. The van der Waals surface area contributed by atoms with Crippen molar-refractivity contribution < 1.29 is 14.4 Å². The van der Waals surface area contributed by atoms with Crippen molar-refractivity contribution >= 4 is 29.0 Å². The van der Waals surface area contributed by atoms with Crippen LogP contribution in [0.5, 0.6) is 0 Å². The minimum absolute atomic E-state index is 0.0570. The number of benzene rings is 2. The van der Waals surface area contributed by atoms with E-state index in [-0.39, 0.29) is 30.4 Å². The third-order valence-corrected chi connectivity index (χ3v) is 3.76. The fraction of sp³-hybridized carbons (Fsp3) is 0.250. The second-order valence-corrected chi connectivity index (χ2v) is 5.74. The molecule has 2 aromatic rings. The molecule has 0 saturated heterocycles. The van der Waals surface area contributed by atoms with Crippen molar-refractivity contribution in [2.75, 3.05) is 10.6 Å². The van der Waals surface area contributed by atoms with Gasteiger partial charge < -0.3 is 10.6 Å². The maximum Gasteiger partial charge on any atom is 0.224 e. The Morgan fingerprint density at radius 1 is 0.920 bits per heavy atom. The summed E-state index contributed by atoms with van der Waals surface area (Å²) < 4.78 is 0. The molecule has 0 aromatic heterocycles. The number of Topliss-reactive ketones (excluding diaryl/α,β-unsaturated/α-hetero) is 1. The molecule has 0 unspecified atom stereocenters. The number of rotatable bonds is 7. The molecule has 130 valence electrons. The maximum atomic E-state index is 12.2. The lowest BCUT2D eigenvalue weighted by Crippen LogP contribution is -2.15. The van der Waals surface area contributed by atoms with Gasteiger partial charge in [-0.1, -0.05) is 43.3 Å². The van der Waals surface area contributed by atoms with Crippen LogP contribution in [0.1, 0.15) is 42.6 Å². The molecule has 2 N–H and O–H groups in total. The molecule has 2 aromatic carbocycles. The first-order valence-electron chi connectivity index (χ1n) is 8.28. The molecule has 0 heterocycles. The number of carbonyl (C=O) groups is 3. The third kappa shape index (κ3) is 5.57. The fourth-order valence-corrected chi connectivity index (χ4v) is 2.49. The molecule has 25 heavy (non-hydrogen) atoms. The molecule has 5 heteroatoms. The molecule has 2 rings (SSSR count). The van der Waals surface area contributed by atoms with Gasteiger partial charge in [-0.2, -0.15) is 0 Å². The Labute approximate surface area is 147 Å². The summed E-state index contributed by atoms with van der Waals surface area (Å²) in [6, 6.07) is 14.3. The van der Waals surface area contributed by atoms with Crippen LogP contribution in [-0.2, 0) is 16.0 Å². The summed E-state index contributed by atoms with van der Waals surface area (Å²) in [5.74, 6) is -0.451. The highest BCUT2D eigenvalue weighted by molar-refractivity contribution is 6.00. The molecule has 0 aliphatic carbocycles. The maximum absolute atomic E-state index is 12.2. The number of amides is 2. The zero-order valence-corrected chi connectivity index (χ0v) is 14.5. The van der Waals surface area contributed by atoms with Gasteiger partial charge in [-0.05, 0) is 24.1 Å². The molecular formula is C20H22N2O3. The summed E-state index contributed by atoms with van der Waals surface area (Å²) >= 11 is 0. The van der Waals surface area contributed by atoms with Crippen LogP contribution < -0.4 is 10.6 Å². The molecule has 0 fully saturated rings. The Hall–Kier alpha value is -2.95. The molecule has 5 nitrogen and oxygen atoms in total. The molecule has 0 aliphatic rings. The second kappa shape index (κ2) is 8.78. The number of nitrogens with one attached hydrogen (secondary N) is 2. The lowest BCUT2D eigenvalue weighted by Gasteiger charge is -2.12. The van der Waals surface area contributed by atoms with Crippen LogP contribution in [0.3, 0.4) is 0 Å². The van der Waals surface area contributed by atoms with Crippen molar-refractivity contribution in [3.63, 3.8) is 0 Å². The summed E-state index contributed by atoms with van der Waals surface area (Å²) in [6.45, 7) is 3.42. The number of anilines is 2. The Kier molecular flexibility index (Phi) is 6.46. The normalized spacial score (nSPS) is 10.2. The van der Waals surface area contributed by atoms with Gasteiger partial charge in [0.2, 0.25) is 11.8 Å². The zero-order valence-electron chi connectivity index (χ0n) is 14.5. The van der Waals surface area contributed by atoms with Gasteiger partial charge >= 0.3 is 0 Å². The van der Waals surface area contributed by atoms with E-state index in [0.29, 0.717) is 16.9 Å². The van der Waals surface area contributed by atoms with Gasteiger partial charge in [0.25, 0.3) is 0 Å². The van der Waals surface area contributed by atoms with Gasteiger partial charge in [0.1, 0.15) is 0 Å². The summed E-state index contributed by atoms with van der Waals surface area (Å²) in [5, 5.41) is 5.54. The highest BCUT2D eigenvalue weighted by Gasteiger charge is 2.11. The third-order valence-electron chi connectivity index (χ3n) is 3.76. The molecule has 2 amide bonds. The predicted molar refractivity (Wildman–Crippen MR) is 98.8 cm³/mol. The van der Waals surface area contributed by atoms with Gasteiger partial charge in [-0.3, -0.25) is 14.4 Å². The Balaban J connectivity index is 1.99. The lowest BCUT2D eigenvalue weighted by atomic mass is 10.1. The SMILES string of the molecule is CCc1ccc(NC(C)=O)cc1NC(=O)CCC(=O)c1ccccc1. The molecule has 0 aliphatic heterocycles. The van der Waals surface area contributed by atoms with Crippen LogP contribution in [0.4, 0.5) is 11.4 Å². The standard InChI is InChI=1S/C20H22N2O3/c1-3-15-9-10-17(21-14(2)23)13-18(15)22-20(25)12-11-19(24)16-7-5-4-6-8-16/h4-10,13H,3,11-12H2,1-2H3,(H,21,23)(H,22,25). The van der Waals surface area contributed by atoms with Crippen LogP contribution in [0, 0.1) is 0 Å². The molecule has 0 spiro atoms. The number of hydrogen-bond acceptors (Lipinski definition) is 3. The van der Waals surface area contributed by atoms with Crippen LogP contribution in [0.15, 0.2) is 48.5 Å². The Bertz CT molecular complexity index is 770. The Morgan fingerprint density at radius 3 is 2.28 bits per heavy atom. The van der Waals surface area contributed by atoms with Crippen LogP contribution in [-0.4, -0.2) is 17.6 Å². The van der Waals surface area contributed by atoms with E-state index < -0.39 is 0 Å². The average molecular weight is 338 g/mol. The summed E-state index contributed by atoms with van der Waals surface area (Å²) in [4.78, 5) is 35.4. The first kappa shape index (κ1) is 18.4. The number of hydrogen-bond donors (Lipinski definition) is 2. The highest BCUT2D eigenvalue weighted by Crippen LogP contribution is 2.22. The van der Waals surface area contributed by atoms with E-state index in [0.717, 1.165) is 12.0 Å². The topological polar surface area (TPSA) is 75.3 Å². The van der Waals surface area contributed by atoms with Gasteiger partial charge in [0.05, 0.1) is 0 Å². The van der Waals surface area contributed by atoms with Crippen LogP contribution in [0.25, 0.3) is 0 Å². The van der Waals surface area contributed by atoms with E-state index in [4.69, 9.17) is 0 Å². The van der Waals surface area contributed by atoms with E-state index in [2.05, 4.69) is 10.6 Å². The van der Waals surface area contributed by atoms with E-state index in [1.54, 1.807) is 36.4 Å². The average Bonchev–Trinajstić information content (AvgIpc) is 2.60. The van der Waals surface area contributed by atoms with Crippen molar-refractivity contribution in [1.82, 2.24) is 0 Å². The van der Waals surface area contributed by atoms with Gasteiger partial charge in [0, 0.05) is 36.7 Å². The molecule has 0 atom stereocenters. The van der Waals surface area contributed by atoms with Gasteiger partial charge in [-0.15, -0.1) is 0 Å². The van der Waals surface area contributed by atoms with E-state index >= 15 is 0 Å². The number of aryl methyl sites for hydroxylation is 1. The molecule has 0 bridgehead atoms. The van der Waals surface area contributed by atoms with E-state index in [1.807, 2.05) is 19.1 Å². The number of carbonyl (C=O) groups excluding carboxylic acids is 3. The largest absolute Gasteiger partial charge is 0.326 e. The van der Waals surface area contributed by atoms with Crippen molar-refractivity contribution in [2.45, 2.75) is 33.1 Å². The molecular weight excluding hydrogens is 316 g/mol. The predicted octanol–water partition coefficient (Wildman–Crippen LogP) is 3.81. The minimum Gasteiger partial charge on any atom is -0.326 e. The monoisotopic (exact) mass is 338 g/mol. The smallest absolute Gasteiger partial charge is 0.224 e. The highest BCUT2D eigenvalue weighted by atomic mass is 16.2. The quantitative estimate of drug-likeness (QED) is 0.754. The van der Waals surface area contributed by atoms with E-state index in [1.165, 1.54) is 6.92 Å². The van der Waals surface area contributed by atoms with Gasteiger partial charge in [0.15, 0.2) is 5.78 Å². The van der Waals surface area contributed by atoms with Crippen LogP contribution >= 0.6 is 0 Å². The molecule has 0 radical (unpaired) electrons. The first-order valence-corrected chi connectivity index (χ1v) is 8.28. The van der Waals surface area contributed by atoms with Crippen molar-refractivity contribution in [3.8, 4) is 0 Å². The van der Waals surface area contributed by atoms with E-state index in [9.17, 15) is 14.4 Å². The summed E-state index contributed by atoms with van der Waals surface area (Å²) in [7, 11) is 0. The summed E-state index contributed by atoms with van der Waals surface area (Å²) in [5.41, 5.74) is 2.86. The van der Waals surface area contributed by atoms with Gasteiger partial charge in [-0.25, -0.2) is 0 Å². The van der Waals surface area contributed by atoms with Crippen molar-refractivity contribution in [1.29, 1.82) is 0 Å². The molecule has 0 saturated carbocycles.